The molecule has 0 aliphatic rings. The second-order valence-electron chi connectivity index (χ2n) is 8.76. The quantitative estimate of drug-likeness (QED) is 0.623. The highest BCUT2D eigenvalue weighted by atomic mass is 32.1. The summed E-state index contributed by atoms with van der Waals surface area (Å²) >= 11 is 5.09. The lowest BCUT2D eigenvalue weighted by Crippen LogP contribution is -2.21. The molecule has 0 amide bonds. The fourth-order valence-corrected chi connectivity index (χ4v) is 2.51. The lowest BCUT2D eigenvalue weighted by molar-refractivity contribution is 0.550. The summed E-state index contributed by atoms with van der Waals surface area (Å²) in [4.78, 5) is 0. The van der Waals surface area contributed by atoms with Crippen molar-refractivity contribution in [1.29, 1.82) is 0 Å². The first-order chi connectivity index (χ1) is 8.78. The van der Waals surface area contributed by atoms with Gasteiger partial charge in [0.1, 0.15) is 0 Å². The van der Waals surface area contributed by atoms with Crippen LogP contribution >= 0.6 is 0 Å². The van der Waals surface area contributed by atoms with Crippen molar-refractivity contribution in [3.8, 4) is 0 Å². The number of rotatable bonds is 1. The highest BCUT2D eigenvalue weighted by molar-refractivity contribution is 7.47. The molecule has 0 bridgehead atoms. The van der Waals surface area contributed by atoms with Crippen LogP contribution in [-0.4, -0.2) is 0 Å². The van der Waals surface area contributed by atoms with Crippen molar-refractivity contribution in [2.45, 2.75) is 78.6 Å². The molecule has 0 aliphatic heterocycles. The molecule has 0 aliphatic carbocycles. The van der Waals surface area contributed by atoms with Crippen molar-refractivity contribution in [3.63, 3.8) is 0 Å². The van der Waals surface area contributed by atoms with Crippen LogP contribution in [0.5, 0.6) is 0 Å². The van der Waals surface area contributed by atoms with Crippen LogP contribution in [0.25, 0.3) is 0 Å². The summed E-state index contributed by atoms with van der Waals surface area (Å²) in [5.74, 6) is 0. The van der Waals surface area contributed by atoms with Gasteiger partial charge in [0, 0.05) is 12.4 Å². The number of hydrogen-bond donors (Lipinski definition) is 0. The molecule has 0 spiro atoms. The Labute approximate surface area is 130 Å². The fraction of sp³-hybridized carbons (Fsp3) is 0.667. The predicted molar refractivity (Wildman–Crippen MR) is 92.0 cm³/mol. The molecule has 112 valence electrons. The van der Waals surface area contributed by atoms with Gasteiger partial charge in [-0.2, -0.15) is 4.36 Å². The molecular weight excluding hydrogens is 262 g/mol. The summed E-state index contributed by atoms with van der Waals surface area (Å²) in [6, 6.07) is 4.58. The van der Waals surface area contributed by atoms with E-state index in [0.29, 0.717) is 0 Å². The Balaban J connectivity index is 3.80. The van der Waals surface area contributed by atoms with Gasteiger partial charge in [0.25, 0.3) is 0 Å². The van der Waals surface area contributed by atoms with E-state index in [1.165, 1.54) is 16.7 Å². The van der Waals surface area contributed by atoms with E-state index in [0.717, 1.165) is 5.69 Å². The average molecular weight is 292 g/mol. The van der Waals surface area contributed by atoms with Crippen molar-refractivity contribution in [2.24, 2.45) is 4.36 Å². The van der Waals surface area contributed by atoms with Gasteiger partial charge < -0.3 is 0 Å². The third-order valence-electron chi connectivity index (χ3n) is 3.68. The molecule has 20 heavy (non-hydrogen) atoms. The van der Waals surface area contributed by atoms with Gasteiger partial charge in [0.05, 0.1) is 5.69 Å². The molecule has 2 heteroatoms. The molecule has 0 aromatic heterocycles. The van der Waals surface area contributed by atoms with Crippen LogP contribution in [-0.2, 0) is 28.7 Å². The minimum atomic E-state index is 0.0406. The van der Waals surface area contributed by atoms with Gasteiger partial charge in [-0.05, 0) is 32.9 Å². The highest BCUT2D eigenvalue weighted by Gasteiger charge is 2.28. The Bertz CT molecular complexity index is 473. The maximum absolute atomic E-state index is 5.09. The van der Waals surface area contributed by atoms with Gasteiger partial charge in [-0.15, -0.1) is 0 Å². The molecule has 0 unspecified atom stereocenters. The maximum atomic E-state index is 5.09. The third-order valence-corrected chi connectivity index (χ3v) is 3.87. The largest absolute Gasteiger partial charge is 0.181 e. The van der Waals surface area contributed by atoms with E-state index in [1.54, 1.807) is 0 Å². The molecule has 1 rings (SSSR count). The topological polar surface area (TPSA) is 12.4 Å². The van der Waals surface area contributed by atoms with Crippen molar-refractivity contribution < 1.29 is 0 Å². The first-order valence-electron chi connectivity index (χ1n) is 7.31. The molecule has 1 nitrogen and oxygen atoms in total. The first-order valence-corrected chi connectivity index (χ1v) is 7.68. The third kappa shape index (κ3) is 3.66. The molecule has 1 aromatic carbocycles. The zero-order valence-corrected chi connectivity index (χ0v) is 15.3. The zero-order valence-electron chi connectivity index (χ0n) is 14.5. The minimum absolute atomic E-state index is 0.0406. The Morgan fingerprint density at radius 3 is 1.25 bits per heavy atom. The summed E-state index contributed by atoms with van der Waals surface area (Å²) in [6.07, 6.45) is 0. The van der Waals surface area contributed by atoms with E-state index in [1.807, 2.05) is 0 Å². The summed E-state index contributed by atoms with van der Waals surface area (Å²) in [7, 11) is 0. The average Bonchev–Trinajstić information content (AvgIpc) is 2.23. The van der Waals surface area contributed by atoms with Crippen molar-refractivity contribution >= 4 is 18.1 Å². The van der Waals surface area contributed by atoms with Gasteiger partial charge >= 0.3 is 0 Å². The molecule has 0 saturated carbocycles. The number of nitrogens with zero attached hydrogens (tertiary/aromatic N) is 1. The predicted octanol–water partition coefficient (Wildman–Crippen LogP) is 5.94. The van der Waals surface area contributed by atoms with Gasteiger partial charge in [-0.1, -0.05) is 74.4 Å². The SMILES string of the molecule is CC(C)(C)c1cc(C(C)(C)C)c(N=S)c(C(C)(C)C)c1. The van der Waals surface area contributed by atoms with Gasteiger partial charge in [0.2, 0.25) is 0 Å². The van der Waals surface area contributed by atoms with E-state index in [4.69, 9.17) is 12.4 Å². The smallest absolute Gasteiger partial charge is 0.0844 e. The molecule has 0 fully saturated rings. The Hall–Kier alpha value is -0.760. The van der Waals surface area contributed by atoms with E-state index < -0.39 is 0 Å². The Kier molecular flexibility index (Phi) is 4.51. The second kappa shape index (κ2) is 5.22. The van der Waals surface area contributed by atoms with Crippen LogP contribution < -0.4 is 0 Å². The van der Waals surface area contributed by atoms with Gasteiger partial charge in [0.15, 0.2) is 0 Å². The molecule has 0 saturated heterocycles. The maximum Gasteiger partial charge on any atom is 0.0844 e. The minimum Gasteiger partial charge on any atom is -0.181 e. The van der Waals surface area contributed by atoms with E-state index >= 15 is 0 Å². The Morgan fingerprint density at radius 1 is 0.700 bits per heavy atom. The molecule has 0 N–H and O–H groups in total. The van der Waals surface area contributed by atoms with E-state index in [2.05, 4.69) is 78.8 Å². The van der Waals surface area contributed by atoms with E-state index in [9.17, 15) is 0 Å². The second-order valence-corrected chi connectivity index (χ2v) is 8.94. The van der Waals surface area contributed by atoms with Crippen molar-refractivity contribution in [3.05, 3.63) is 28.8 Å². The summed E-state index contributed by atoms with van der Waals surface area (Å²) < 4.78 is 4.21. The van der Waals surface area contributed by atoms with Crippen LogP contribution in [0.15, 0.2) is 16.5 Å². The Morgan fingerprint density at radius 2 is 1.05 bits per heavy atom. The van der Waals surface area contributed by atoms with Crippen molar-refractivity contribution in [2.75, 3.05) is 0 Å². The van der Waals surface area contributed by atoms with Gasteiger partial charge in [-0.25, -0.2) is 0 Å². The van der Waals surface area contributed by atoms with Crippen LogP contribution in [0.1, 0.15) is 79.0 Å². The molecule has 0 radical (unpaired) electrons. The normalized spacial score (nSPS) is 13.4. The lowest BCUT2D eigenvalue weighted by atomic mass is 9.74. The lowest BCUT2D eigenvalue weighted by Gasteiger charge is -2.31. The summed E-state index contributed by atoms with van der Waals surface area (Å²) in [5.41, 5.74) is 5.06. The first kappa shape index (κ1) is 17.3. The monoisotopic (exact) mass is 291 g/mol. The van der Waals surface area contributed by atoms with Gasteiger partial charge in [-0.3, -0.25) is 0 Å². The van der Waals surface area contributed by atoms with Crippen LogP contribution in [0, 0.1) is 0 Å². The molecular formula is C18H29NS. The fourth-order valence-electron chi connectivity index (χ4n) is 2.31. The highest BCUT2D eigenvalue weighted by Crippen LogP contribution is 2.42. The van der Waals surface area contributed by atoms with Crippen LogP contribution in [0.4, 0.5) is 5.69 Å². The van der Waals surface area contributed by atoms with Crippen molar-refractivity contribution in [1.82, 2.24) is 0 Å². The standard InChI is InChI=1S/C18H29NS/c1-16(2,3)12-10-13(17(4,5)6)15(19-20)14(11-12)18(7,8)9/h10-11H,1-9H3. The molecule has 0 heterocycles. The molecule has 1 aromatic rings. The number of benzene rings is 1. The van der Waals surface area contributed by atoms with E-state index in [-0.39, 0.29) is 16.2 Å². The van der Waals surface area contributed by atoms with Crippen LogP contribution in [0.2, 0.25) is 0 Å². The summed E-state index contributed by atoms with van der Waals surface area (Å²) in [5, 5.41) is 0. The summed E-state index contributed by atoms with van der Waals surface area (Å²) in [6.45, 7) is 20.1. The van der Waals surface area contributed by atoms with Crippen LogP contribution in [0.3, 0.4) is 0 Å². The zero-order chi connectivity index (χ0) is 15.9. The number of hydrogen-bond acceptors (Lipinski definition) is 2. The molecule has 0 atom stereocenters.